The van der Waals surface area contributed by atoms with Gasteiger partial charge in [0, 0.05) is 25.0 Å². The molecule has 0 aliphatic rings. The van der Waals surface area contributed by atoms with Crippen molar-refractivity contribution in [2.24, 2.45) is 0 Å². The summed E-state index contributed by atoms with van der Waals surface area (Å²) in [7, 11) is 3.69. The van der Waals surface area contributed by atoms with Crippen molar-refractivity contribution in [3.63, 3.8) is 0 Å². The van der Waals surface area contributed by atoms with Crippen LogP contribution in [0.4, 0.5) is 0 Å². The quantitative estimate of drug-likeness (QED) is 0.580. The van der Waals surface area contributed by atoms with Crippen LogP contribution >= 0.6 is 0 Å². The second-order valence-electron chi connectivity index (χ2n) is 7.12. The summed E-state index contributed by atoms with van der Waals surface area (Å²) in [5.41, 5.74) is 2.19. The summed E-state index contributed by atoms with van der Waals surface area (Å²) in [6, 6.07) is 5.91. The van der Waals surface area contributed by atoms with Gasteiger partial charge in [0.15, 0.2) is 11.5 Å². The van der Waals surface area contributed by atoms with Crippen LogP contribution < -0.4 is 9.47 Å². The molecule has 2 aromatic rings. The van der Waals surface area contributed by atoms with Gasteiger partial charge >= 0.3 is 0 Å². The number of likely N-dealkylation sites (N-methyl/N-ethyl adjacent to an activating group) is 1. The summed E-state index contributed by atoms with van der Waals surface area (Å²) in [5.74, 6) is 2.28. The number of hydrogen-bond donors (Lipinski definition) is 2. The molecule has 1 aromatic heterocycles. The van der Waals surface area contributed by atoms with Crippen molar-refractivity contribution >= 4 is 0 Å². The lowest BCUT2D eigenvalue weighted by molar-refractivity contribution is 0.0705. The van der Waals surface area contributed by atoms with Gasteiger partial charge in [-0.3, -0.25) is 4.90 Å². The van der Waals surface area contributed by atoms with E-state index in [2.05, 4.69) is 40.7 Å². The van der Waals surface area contributed by atoms with Crippen molar-refractivity contribution in [1.29, 1.82) is 0 Å². The predicted octanol–water partition coefficient (Wildman–Crippen LogP) is 2.44. The monoisotopic (exact) mass is 390 g/mol. The van der Waals surface area contributed by atoms with Crippen molar-refractivity contribution in [2.75, 3.05) is 40.4 Å². The van der Waals surface area contributed by atoms with Gasteiger partial charge in [-0.2, -0.15) is 0 Å². The molecule has 2 N–H and O–H groups in total. The van der Waals surface area contributed by atoms with Crippen LogP contribution in [0.3, 0.4) is 0 Å². The zero-order valence-electron chi connectivity index (χ0n) is 17.7. The molecule has 28 heavy (non-hydrogen) atoms. The molecule has 0 fully saturated rings. The van der Waals surface area contributed by atoms with Crippen LogP contribution in [0, 0.1) is 6.92 Å². The van der Waals surface area contributed by atoms with Crippen LogP contribution in [-0.4, -0.2) is 71.4 Å². The second kappa shape index (κ2) is 11.0. The number of methoxy groups -OCH3 is 1. The molecule has 0 bridgehead atoms. The van der Waals surface area contributed by atoms with Gasteiger partial charge in [0.2, 0.25) is 0 Å². The fourth-order valence-electron chi connectivity index (χ4n) is 3.12. The minimum absolute atomic E-state index is 0.240. The number of hydrogen-bond acceptors (Lipinski definition) is 6. The second-order valence-corrected chi connectivity index (χ2v) is 7.12. The van der Waals surface area contributed by atoms with Crippen LogP contribution in [0.5, 0.6) is 11.5 Å². The lowest BCUT2D eigenvalue weighted by atomic mass is 10.2. The van der Waals surface area contributed by atoms with Gasteiger partial charge < -0.3 is 24.5 Å². The Kier molecular flexibility index (Phi) is 8.76. The van der Waals surface area contributed by atoms with Crippen LogP contribution in [0.1, 0.15) is 30.9 Å². The number of nitrogens with zero attached hydrogens (tertiary/aromatic N) is 3. The van der Waals surface area contributed by atoms with Gasteiger partial charge in [-0.1, -0.05) is 19.9 Å². The Morgan fingerprint density at radius 3 is 2.54 bits per heavy atom. The number of rotatable bonds is 12. The Labute approximate surface area is 168 Å². The highest BCUT2D eigenvalue weighted by Crippen LogP contribution is 2.28. The largest absolute Gasteiger partial charge is 0.493 e. The molecular weight excluding hydrogens is 356 g/mol. The highest BCUT2D eigenvalue weighted by Gasteiger charge is 2.13. The van der Waals surface area contributed by atoms with E-state index in [4.69, 9.17) is 9.47 Å². The van der Waals surface area contributed by atoms with Crippen LogP contribution in [0.25, 0.3) is 0 Å². The molecule has 1 heterocycles. The van der Waals surface area contributed by atoms with E-state index in [1.54, 1.807) is 7.11 Å². The molecule has 0 saturated heterocycles. The predicted molar refractivity (Wildman–Crippen MR) is 111 cm³/mol. The molecule has 2 rings (SSSR count). The minimum Gasteiger partial charge on any atom is -0.493 e. The molecule has 0 radical (unpaired) electrons. The number of aliphatic hydroxyl groups is 1. The van der Waals surface area contributed by atoms with E-state index in [1.807, 2.05) is 31.3 Å². The summed E-state index contributed by atoms with van der Waals surface area (Å²) in [4.78, 5) is 12.0. The van der Waals surface area contributed by atoms with E-state index in [9.17, 15) is 5.11 Å². The summed E-state index contributed by atoms with van der Waals surface area (Å²) in [5, 5.41) is 10.2. The van der Waals surface area contributed by atoms with Gasteiger partial charge in [0.1, 0.15) is 18.5 Å². The molecule has 1 unspecified atom stereocenters. The average Bonchev–Trinajstić information content (AvgIpc) is 3.09. The zero-order valence-corrected chi connectivity index (χ0v) is 17.7. The molecule has 7 heteroatoms. The van der Waals surface area contributed by atoms with Crippen LogP contribution in [0.15, 0.2) is 24.4 Å². The summed E-state index contributed by atoms with van der Waals surface area (Å²) >= 11 is 0. The third-order valence-electron chi connectivity index (χ3n) is 4.65. The van der Waals surface area contributed by atoms with Gasteiger partial charge in [-0.25, -0.2) is 4.98 Å². The number of H-pyrrole nitrogens is 1. The number of aromatic amines is 1. The first-order valence-corrected chi connectivity index (χ1v) is 9.84. The standard InChI is InChI=1S/C21H34N4O3/c1-6-25(7-2)13-18(26)15-28-19-9-8-17(10-20(19)27-5)12-24(4)14-21-22-11-16(3)23-21/h8-11,18,26H,6-7,12-15H2,1-5H3,(H,22,23). The first-order valence-electron chi connectivity index (χ1n) is 9.84. The lowest BCUT2D eigenvalue weighted by Crippen LogP contribution is -2.35. The van der Waals surface area contributed by atoms with Crippen LogP contribution in [0.2, 0.25) is 0 Å². The SMILES string of the molecule is CCN(CC)CC(O)COc1ccc(CN(C)Cc2ncc(C)[nH]2)cc1OC. The van der Waals surface area contributed by atoms with Gasteiger partial charge in [0.05, 0.1) is 13.7 Å². The Bertz CT molecular complexity index is 715. The van der Waals surface area contributed by atoms with E-state index in [1.165, 1.54) is 0 Å². The highest BCUT2D eigenvalue weighted by molar-refractivity contribution is 5.43. The van der Waals surface area contributed by atoms with E-state index in [0.29, 0.717) is 18.0 Å². The van der Waals surface area contributed by atoms with E-state index < -0.39 is 6.10 Å². The van der Waals surface area contributed by atoms with E-state index in [-0.39, 0.29) is 6.61 Å². The fraction of sp³-hybridized carbons (Fsp3) is 0.571. The number of benzene rings is 1. The topological polar surface area (TPSA) is 73.9 Å². The summed E-state index contributed by atoms with van der Waals surface area (Å²) < 4.78 is 11.3. The zero-order chi connectivity index (χ0) is 20.5. The lowest BCUT2D eigenvalue weighted by Gasteiger charge is -2.22. The molecule has 0 aliphatic heterocycles. The molecule has 156 valence electrons. The maximum Gasteiger partial charge on any atom is 0.161 e. The summed E-state index contributed by atoms with van der Waals surface area (Å²) in [6.45, 7) is 10.3. The highest BCUT2D eigenvalue weighted by atomic mass is 16.5. The van der Waals surface area contributed by atoms with Crippen molar-refractivity contribution in [2.45, 2.75) is 40.0 Å². The van der Waals surface area contributed by atoms with Crippen molar-refractivity contribution in [3.8, 4) is 11.5 Å². The molecule has 0 saturated carbocycles. The fourth-order valence-corrected chi connectivity index (χ4v) is 3.12. The molecular formula is C21H34N4O3. The van der Waals surface area contributed by atoms with Gasteiger partial charge in [0.25, 0.3) is 0 Å². The molecule has 1 aromatic carbocycles. The van der Waals surface area contributed by atoms with Crippen molar-refractivity contribution in [1.82, 2.24) is 19.8 Å². The number of aromatic nitrogens is 2. The maximum absolute atomic E-state index is 10.2. The number of imidazole rings is 1. The molecule has 0 spiro atoms. The van der Waals surface area contributed by atoms with Gasteiger partial charge in [-0.15, -0.1) is 0 Å². The molecule has 1 atom stereocenters. The Hall–Kier alpha value is -2.09. The van der Waals surface area contributed by atoms with E-state index in [0.717, 1.165) is 43.3 Å². The molecule has 7 nitrogen and oxygen atoms in total. The number of aliphatic hydroxyl groups excluding tert-OH is 1. The third kappa shape index (κ3) is 6.82. The molecule has 0 amide bonds. The normalized spacial score (nSPS) is 12.6. The summed E-state index contributed by atoms with van der Waals surface area (Å²) in [6.07, 6.45) is 1.31. The smallest absolute Gasteiger partial charge is 0.161 e. The van der Waals surface area contributed by atoms with Gasteiger partial charge in [-0.05, 0) is 44.8 Å². The Morgan fingerprint density at radius 2 is 1.93 bits per heavy atom. The van der Waals surface area contributed by atoms with E-state index >= 15 is 0 Å². The number of nitrogens with one attached hydrogen (secondary N) is 1. The number of aryl methyl sites for hydroxylation is 1. The minimum atomic E-state index is -0.535. The van der Waals surface area contributed by atoms with Crippen molar-refractivity contribution < 1.29 is 14.6 Å². The molecule has 0 aliphatic carbocycles. The Balaban J connectivity index is 1.91. The number of ether oxygens (including phenoxy) is 2. The third-order valence-corrected chi connectivity index (χ3v) is 4.65. The average molecular weight is 391 g/mol. The maximum atomic E-state index is 10.2. The Morgan fingerprint density at radius 1 is 1.18 bits per heavy atom. The first-order chi connectivity index (χ1) is 13.4. The van der Waals surface area contributed by atoms with Crippen LogP contribution in [-0.2, 0) is 13.1 Å². The van der Waals surface area contributed by atoms with Crippen molar-refractivity contribution in [3.05, 3.63) is 41.5 Å². The first kappa shape index (κ1) is 22.2.